The standard InChI is InChI=1S/C17H36N2O2/c1-7-12-18-17(5,16(20)21-6)11-13-19(10-4)14-15(8-2)9-3/h15,18H,7-14H2,1-6H3. The van der Waals surface area contributed by atoms with E-state index >= 15 is 0 Å². The van der Waals surface area contributed by atoms with Gasteiger partial charge in [0, 0.05) is 13.1 Å². The van der Waals surface area contributed by atoms with Gasteiger partial charge in [0.05, 0.1) is 7.11 Å². The fourth-order valence-electron chi connectivity index (χ4n) is 2.56. The minimum atomic E-state index is -0.577. The van der Waals surface area contributed by atoms with Gasteiger partial charge in [0.1, 0.15) is 5.54 Å². The van der Waals surface area contributed by atoms with Gasteiger partial charge in [-0.2, -0.15) is 0 Å². The number of ether oxygens (including phenoxy) is 1. The van der Waals surface area contributed by atoms with E-state index < -0.39 is 5.54 Å². The number of hydrogen-bond donors (Lipinski definition) is 1. The molecule has 1 unspecified atom stereocenters. The van der Waals surface area contributed by atoms with E-state index in [-0.39, 0.29) is 5.97 Å². The highest BCUT2D eigenvalue weighted by atomic mass is 16.5. The minimum absolute atomic E-state index is 0.158. The molecule has 0 aliphatic rings. The highest BCUT2D eigenvalue weighted by molar-refractivity contribution is 5.80. The molecule has 4 nitrogen and oxygen atoms in total. The predicted octanol–water partition coefficient (Wildman–Crippen LogP) is 3.07. The number of hydrogen-bond acceptors (Lipinski definition) is 4. The van der Waals surface area contributed by atoms with Crippen LogP contribution in [0.15, 0.2) is 0 Å². The Bertz CT molecular complexity index is 280. The van der Waals surface area contributed by atoms with E-state index in [9.17, 15) is 4.79 Å². The van der Waals surface area contributed by atoms with Crippen LogP contribution >= 0.6 is 0 Å². The normalized spacial score (nSPS) is 14.5. The van der Waals surface area contributed by atoms with Crippen LogP contribution in [-0.2, 0) is 9.53 Å². The van der Waals surface area contributed by atoms with Crippen molar-refractivity contribution < 1.29 is 9.53 Å². The molecular weight excluding hydrogens is 264 g/mol. The maximum atomic E-state index is 12.1. The molecule has 0 spiro atoms. The smallest absolute Gasteiger partial charge is 0.325 e. The van der Waals surface area contributed by atoms with Crippen molar-refractivity contribution in [1.82, 2.24) is 10.2 Å². The molecule has 1 atom stereocenters. The first-order valence-electron chi connectivity index (χ1n) is 8.53. The summed E-state index contributed by atoms with van der Waals surface area (Å²) in [6.45, 7) is 14.7. The van der Waals surface area contributed by atoms with E-state index in [1.807, 2.05) is 6.92 Å². The Hall–Kier alpha value is -0.610. The number of rotatable bonds is 12. The van der Waals surface area contributed by atoms with Gasteiger partial charge in [-0.05, 0) is 38.8 Å². The lowest BCUT2D eigenvalue weighted by Crippen LogP contribution is -2.52. The zero-order valence-electron chi connectivity index (χ0n) is 15.0. The topological polar surface area (TPSA) is 41.6 Å². The predicted molar refractivity (Wildman–Crippen MR) is 89.5 cm³/mol. The van der Waals surface area contributed by atoms with Crippen LogP contribution in [0.4, 0.5) is 0 Å². The van der Waals surface area contributed by atoms with Crippen LogP contribution in [0.2, 0.25) is 0 Å². The van der Waals surface area contributed by atoms with Gasteiger partial charge in [-0.1, -0.05) is 40.5 Å². The Morgan fingerprint density at radius 1 is 1.24 bits per heavy atom. The molecule has 0 saturated heterocycles. The van der Waals surface area contributed by atoms with Crippen LogP contribution in [0.5, 0.6) is 0 Å². The molecule has 1 N–H and O–H groups in total. The van der Waals surface area contributed by atoms with E-state index in [1.165, 1.54) is 20.0 Å². The van der Waals surface area contributed by atoms with Gasteiger partial charge in [0.15, 0.2) is 0 Å². The SMILES string of the molecule is CCCNC(C)(CCN(CC)CC(CC)CC)C(=O)OC. The summed E-state index contributed by atoms with van der Waals surface area (Å²) in [5.74, 6) is 0.590. The van der Waals surface area contributed by atoms with Gasteiger partial charge in [-0.25, -0.2) is 0 Å². The van der Waals surface area contributed by atoms with Crippen molar-refractivity contribution in [2.24, 2.45) is 5.92 Å². The summed E-state index contributed by atoms with van der Waals surface area (Å²) in [5.41, 5.74) is -0.577. The number of esters is 1. The average Bonchev–Trinajstić information content (AvgIpc) is 2.52. The van der Waals surface area contributed by atoms with Gasteiger partial charge in [-0.15, -0.1) is 0 Å². The second-order valence-electron chi connectivity index (χ2n) is 6.08. The molecule has 0 saturated carbocycles. The van der Waals surface area contributed by atoms with Crippen LogP contribution in [0.3, 0.4) is 0 Å². The van der Waals surface area contributed by atoms with Crippen LogP contribution in [0.1, 0.15) is 60.3 Å². The van der Waals surface area contributed by atoms with Crippen LogP contribution in [0, 0.1) is 5.92 Å². The summed E-state index contributed by atoms with van der Waals surface area (Å²) in [6.07, 6.45) is 4.23. The van der Waals surface area contributed by atoms with Gasteiger partial charge >= 0.3 is 5.97 Å². The van der Waals surface area contributed by atoms with Crippen molar-refractivity contribution in [2.75, 3.05) is 33.3 Å². The third kappa shape index (κ3) is 7.28. The monoisotopic (exact) mass is 300 g/mol. The Labute approximate surface area is 131 Å². The Balaban J connectivity index is 4.58. The van der Waals surface area contributed by atoms with Gasteiger partial charge in [0.25, 0.3) is 0 Å². The summed E-state index contributed by atoms with van der Waals surface area (Å²) in [7, 11) is 1.47. The molecule has 0 aliphatic heterocycles. The van der Waals surface area contributed by atoms with Gasteiger partial charge < -0.3 is 15.0 Å². The summed E-state index contributed by atoms with van der Waals surface area (Å²) in [6, 6.07) is 0. The first kappa shape index (κ1) is 20.4. The van der Waals surface area contributed by atoms with Crippen LogP contribution in [0.25, 0.3) is 0 Å². The molecule has 0 bridgehead atoms. The molecule has 126 valence electrons. The molecule has 0 heterocycles. The summed E-state index contributed by atoms with van der Waals surface area (Å²) >= 11 is 0. The zero-order chi connectivity index (χ0) is 16.3. The Morgan fingerprint density at radius 2 is 1.86 bits per heavy atom. The first-order valence-corrected chi connectivity index (χ1v) is 8.53. The van der Waals surface area contributed by atoms with Crippen LogP contribution in [-0.4, -0.2) is 49.7 Å². The number of carbonyl (C=O) groups excluding carboxylic acids is 1. The average molecular weight is 300 g/mol. The van der Waals surface area contributed by atoms with Gasteiger partial charge in [-0.3, -0.25) is 4.79 Å². The van der Waals surface area contributed by atoms with Crippen molar-refractivity contribution >= 4 is 5.97 Å². The quantitative estimate of drug-likeness (QED) is 0.562. The number of nitrogens with one attached hydrogen (secondary N) is 1. The van der Waals surface area contributed by atoms with Crippen LogP contribution < -0.4 is 5.32 Å². The summed E-state index contributed by atoms with van der Waals surface area (Å²) in [4.78, 5) is 14.5. The van der Waals surface area contributed by atoms with E-state index in [1.54, 1.807) is 0 Å². The Kier molecular flexibility index (Phi) is 10.7. The van der Waals surface area contributed by atoms with Crippen molar-refractivity contribution in [2.45, 2.75) is 65.8 Å². The molecular formula is C17H36N2O2. The maximum absolute atomic E-state index is 12.1. The number of methoxy groups -OCH3 is 1. The van der Waals surface area contributed by atoms with Crippen molar-refractivity contribution in [3.8, 4) is 0 Å². The maximum Gasteiger partial charge on any atom is 0.325 e. The Morgan fingerprint density at radius 3 is 2.29 bits per heavy atom. The number of nitrogens with zero attached hydrogens (tertiary/aromatic N) is 1. The fraction of sp³-hybridized carbons (Fsp3) is 0.941. The van der Waals surface area contributed by atoms with Crippen molar-refractivity contribution in [3.63, 3.8) is 0 Å². The molecule has 0 fully saturated rings. The van der Waals surface area contributed by atoms with Crippen molar-refractivity contribution in [1.29, 1.82) is 0 Å². The third-order valence-electron chi connectivity index (χ3n) is 4.45. The van der Waals surface area contributed by atoms with Gasteiger partial charge in [0.2, 0.25) is 0 Å². The lowest BCUT2D eigenvalue weighted by molar-refractivity contribution is -0.148. The van der Waals surface area contributed by atoms with E-state index in [0.717, 1.165) is 44.9 Å². The second kappa shape index (κ2) is 11.0. The van der Waals surface area contributed by atoms with E-state index in [0.29, 0.717) is 0 Å². The molecule has 0 aliphatic carbocycles. The second-order valence-corrected chi connectivity index (χ2v) is 6.08. The number of carbonyl (C=O) groups is 1. The molecule has 0 radical (unpaired) electrons. The summed E-state index contributed by atoms with van der Waals surface area (Å²) in [5, 5.41) is 3.36. The molecule has 0 rings (SSSR count). The molecule has 0 aromatic rings. The minimum Gasteiger partial charge on any atom is -0.468 e. The van der Waals surface area contributed by atoms with Crippen molar-refractivity contribution in [3.05, 3.63) is 0 Å². The lowest BCUT2D eigenvalue weighted by Gasteiger charge is -2.32. The highest BCUT2D eigenvalue weighted by Crippen LogP contribution is 2.15. The molecule has 4 heteroatoms. The lowest BCUT2D eigenvalue weighted by atomic mass is 9.96. The van der Waals surface area contributed by atoms with E-state index in [2.05, 4.69) is 37.9 Å². The zero-order valence-corrected chi connectivity index (χ0v) is 15.0. The molecule has 0 aromatic carbocycles. The summed E-state index contributed by atoms with van der Waals surface area (Å²) < 4.78 is 4.98. The third-order valence-corrected chi connectivity index (χ3v) is 4.45. The molecule has 21 heavy (non-hydrogen) atoms. The highest BCUT2D eigenvalue weighted by Gasteiger charge is 2.33. The first-order chi connectivity index (χ1) is 9.97. The molecule has 0 amide bonds. The fourth-order valence-corrected chi connectivity index (χ4v) is 2.56. The molecule has 0 aromatic heterocycles. The van der Waals surface area contributed by atoms with E-state index in [4.69, 9.17) is 4.74 Å². The largest absolute Gasteiger partial charge is 0.468 e.